The molecule has 1 aromatic rings. The first kappa shape index (κ1) is 8.45. The third-order valence-corrected chi connectivity index (χ3v) is 2.76. The number of carbonyl (C=O) groups is 1. The van der Waals surface area contributed by atoms with Gasteiger partial charge >= 0.3 is 0 Å². The third kappa shape index (κ3) is 1.27. The first-order valence-corrected chi connectivity index (χ1v) is 4.61. The SMILES string of the molecule is NC1(c2ccccc2)CCCC1=O. The minimum absolute atomic E-state index is 0.179. The van der Waals surface area contributed by atoms with Crippen LogP contribution in [0.25, 0.3) is 0 Å². The van der Waals surface area contributed by atoms with E-state index in [1.165, 1.54) is 0 Å². The summed E-state index contributed by atoms with van der Waals surface area (Å²) in [6.45, 7) is 0. The molecule has 2 nitrogen and oxygen atoms in total. The molecule has 68 valence electrons. The lowest BCUT2D eigenvalue weighted by molar-refractivity contribution is -0.122. The summed E-state index contributed by atoms with van der Waals surface area (Å²) >= 11 is 0. The van der Waals surface area contributed by atoms with Crippen LogP contribution in [0.2, 0.25) is 0 Å². The van der Waals surface area contributed by atoms with Crippen molar-refractivity contribution < 1.29 is 4.79 Å². The summed E-state index contributed by atoms with van der Waals surface area (Å²) in [6, 6.07) is 9.66. The molecule has 1 saturated carbocycles. The van der Waals surface area contributed by atoms with Crippen LogP contribution >= 0.6 is 0 Å². The fourth-order valence-corrected chi connectivity index (χ4v) is 1.93. The molecule has 2 rings (SSSR count). The van der Waals surface area contributed by atoms with Crippen molar-refractivity contribution in [3.63, 3.8) is 0 Å². The van der Waals surface area contributed by atoms with Gasteiger partial charge in [0.1, 0.15) is 5.54 Å². The first-order chi connectivity index (χ1) is 6.23. The van der Waals surface area contributed by atoms with E-state index in [4.69, 9.17) is 5.73 Å². The molecule has 0 aliphatic heterocycles. The van der Waals surface area contributed by atoms with E-state index < -0.39 is 5.54 Å². The predicted molar refractivity (Wildman–Crippen MR) is 51.2 cm³/mol. The molecule has 0 saturated heterocycles. The van der Waals surface area contributed by atoms with Crippen molar-refractivity contribution in [1.82, 2.24) is 0 Å². The largest absolute Gasteiger partial charge is 0.315 e. The molecule has 2 N–H and O–H groups in total. The lowest BCUT2D eigenvalue weighted by Crippen LogP contribution is -2.40. The topological polar surface area (TPSA) is 43.1 Å². The Morgan fingerprint density at radius 3 is 2.46 bits per heavy atom. The molecular formula is C11H13NO. The molecule has 1 aromatic carbocycles. The molecule has 0 heterocycles. The summed E-state index contributed by atoms with van der Waals surface area (Å²) in [6.07, 6.45) is 2.34. The zero-order chi connectivity index (χ0) is 9.31. The van der Waals surface area contributed by atoms with E-state index in [9.17, 15) is 4.79 Å². The lowest BCUT2D eigenvalue weighted by Gasteiger charge is -2.21. The van der Waals surface area contributed by atoms with E-state index in [0.717, 1.165) is 18.4 Å². The van der Waals surface area contributed by atoms with Gasteiger partial charge < -0.3 is 5.73 Å². The van der Waals surface area contributed by atoms with Crippen LogP contribution < -0.4 is 5.73 Å². The summed E-state index contributed by atoms with van der Waals surface area (Å²) in [5.74, 6) is 0.179. The Bertz CT molecular complexity index is 320. The molecular weight excluding hydrogens is 162 g/mol. The van der Waals surface area contributed by atoms with Crippen molar-refractivity contribution >= 4 is 5.78 Å². The highest BCUT2D eigenvalue weighted by molar-refractivity contribution is 5.91. The van der Waals surface area contributed by atoms with Crippen LogP contribution in [0.1, 0.15) is 24.8 Å². The molecule has 0 aromatic heterocycles. The number of benzene rings is 1. The molecule has 0 spiro atoms. The number of rotatable bonds is 1. The molecule has 2 heteroatoms. The van der Waals surface area contributed by atoms with Crippen molar-refractivity contribution in [2.24, 2.45) is 5.73 Å². The monoisotopic (exact) mass is 175 g/mol. The Kier molecular flexibility index (Phi) is 1.93. The van der Waals surface area contributed by atoms with Gasteiger partial charge in [0, 0.05) is 6.42 Å². The van der Waals surface area contributed by atoms with E-state index in [-0.39, 0.29) is 5.78 Å². The number of hydrogen-bond acceptors (Lipinski definition) is 2. The maximum absolute atomic E-state index is 11.6. The van der Waals surface area contributed by atoms with E-state index in [2.05, 4.69) is 0 Å². The molecule has 0 bridgehead atoms. The fourth-order valence-electron chi connectivity index (χ4n) is 1.93. The molecule has 1 aliphatic rings. The van der Waals surface area contributed by atoms with Gasteiger partial charge in [-0.2, -0.15) is 0 Å². The molecule has 13 heavy (non-hydrogen) atoms. The second-order valence-electron chi connectivity index (χ2n) is 3.61. The van der Waals surface area contributed by atoms with E-state index in [0.29, 0.717) is 6.42 Å². The quantitative estimate of drug-likeness (QED) is 0.704. The van der Waals surface area contributed by atoms with Crippen LogP contribution in [0, 0.1) is 0 Å². The minimum Gasteiger partial charge on any atom is -0.315 e. The predicted octanol–water partition coefficient (Wildman–Crippen LogP) is 1.59. The van der Waals surface area contributed by atoms with Crippen LogP contribution in [0.15, 0.2) is 30.3 Å². The summed E-state index contributed by atoms with van der Waals surface area (Å²) in [5, 5.41) is 0. The van der Waals surface area contributed by atoms with Crippen molar-refractivity contribution in [2.75, 3.05) is 0 Å². The number of hydrogen-bond donors (Lipinski definition) is 1. The fraction of sp³-hybridized carbons (Fsp3) is 0.364. The average molecular weight is 175 g/mol. The Morgan fingerprint density at radius 1 is 1.23 bits per heavy atom. The van der Waals surface area contributed by atoms with Gasteiger partial charge in [-0.15, -0.1) is 0 Å². The van der Waals surface area contributed by atoms with E-state index in [1.54, 1.807) is 0 Å². The van der Waals surface area contributed by atoms with Gasteiger partial charge in [-0.25, -0.2) is 0 Å². The Labute approximate surface area is 77.8 Å². The van der Waals surface area contributed by atoms with E-state index in [1.807, 2.05) is 30.3 Å². The molecule has 1 fully saturated rings. The van der Waals surface area contributed by atoms with Crippen molar-refractivity contribution in [1.29, 1.82) is 0 Å². The Balaban J connectivity index is 2.40. The van der Waals surface area contributed by atoms with Gasteiger partial charge in [-0.3, -0.25) is 4.79 Å². The first-order valence-electron chi connectivity index (χ1n) is 4.61. The van der Waals surface area contributed by atoms with E-state index >= 15 is 0 Å². The van der Waals surface area contributed by atoms with Gasteiger partial charge in [0.05, 0.1) is 0 Å². The second-order valence-corrected chi connectivity index (χ2v) is 3.61. The molecule has 0 amide bonds. The summed E-state index contributed by atoms with van der Waals surface area (Å²) < 4.78 is 0. The van der Waals surface area contributed by atoms with Crippen LogP contribution in [-0.4, -0.2) is 5.78 Å². The zero-order valence-corrected chi connectivity index (χ0v) is 7.49. The van der Waals surface area contributed by atoms with Crippen LogP contribution in [-0.2, 0) is 10.3 Å². The van der Waals surface area contributed by atoms with Gasteiger partial charge in [0.2, 0.25) is 0 Å². The maximum atomic E-state index is 11.6. The highest BCUT2D eigenvalue weighted by atomic mass is 16.1. The Morgan fingerprint density at radius 2 is 1.92 bits per heavy atom. The van der Waals surface area contributed by atoms with Gasteiger partial charge in [-0.1, -0.05) is 30.3 Å². The van der Waals surface area contributed by atoms with Crippen LogP contribution in [0.4, 0.5) is 0 Å². The lowest BCUT2D eigenvalue weighted by atomic mass is 9.89. The van der Waals surface area contributed by atoms with Gasteiger partial charge in [-0.05, 0) is 18.4 Å². The Hall–Kier alpha value is -1.15. The van der Waals surface area contributed by atoms with Crippen LogP contribution in [0.3, 0.4) is 0 Å². The van der Waals surface area contributed by atoms with Crippen molar-refractivity contribution in [2.45, 2.75) is 24.8 Å². The third-order valence-electron chi connectivity index (χ3n) is 2.76. The standard InChI is InChI=1S/C11H13NO/c12-11(8-4-7-10(11)13)9-5-2-1-3-6-9/h1-3,5-6H,4,7-8,12H2. The highest BCUT2D eigenvalue weighted by Crippen LogP contribution is 2.32. The number of ketones is 1. The highest BCUT2D eigenvalue weighted by Gasteiger charge is 2.39. The molecule has 0 radical (unpaired) electrons. The zero-order valence-electron chi connectivity index (χ0n) is 7.49. The smallest absolute Gasteiger partial charge is 0.157 e. The maximum Gasteiger partial charge on any atom is 0.157 e. The summed E-state index contributed by atoms with van der Waals surface area (Å²) in [4.78, 5) is 11.6. The average Bonchev–Trinajstić information content (AvgIpc) is 2.50. The molecule has 1 unspecified atom stereocenters. The minimum atomic E-state index is -0.693. The van der Waals surface area contributed by atoms with Crippen molar-refractivity contribution in [3.05, 3.63) is 35.9 Å². The number of nitrogens with two attached hydrogens (primary N) is 1. The summed E-state index contributed by atoms with van der Waals surface area (Å²) in [7, 11) is 0. The number of carbonyl (C=O) groups excluding carboxylic acids is 1. The molecule has 1 atom stereocenters. The number of Topliss-reactive ketones (excluding diaryl/α,β-unsaturated/α-hetero) is 1. The van der Waals surface area contributed by atoms with Gasteiger partial charge in [0.25, 0.3) is 0 Å². The second kappa shape index (κ2) is 2.96. The van der Waals surface area contributed by atoms with Crippen molar-refractivity contribution in [3.8, 4) is 0 Å². The summed E-state index contributed by atoms with van der Waals surface area (Å²) in [5.41, 5.74) is 6.34. The molecule has 1 aliphatic carbocycles. The van der Waals surface area contributed by atoms with Gasteiger partial charge in [0.15, 0.2) is 5.78 Å². The van der Waals surface area contributed by atoms with Crippen LogP contribution in [0.5, 0.6) is 0 Å². The normalized spacial score (nSPS) is 27.9.